The number of aliphatic hydroxyl groups is 1. The molecule has 7 heterocycles. The first-order valence-electron chi connectivity index (χ1n) is 16.6. The highest BCUT2D eigenvalue weighted by Crippen LogP contribution is 2.52. The van der Waals surface area contributed by atoms with E-state index in [2.05, 4.69) is 39.6 Å². The summed E-state index contributed by atoms with van der Waals surface area (Å²) in [6, 6.07) is 2.83. The Morgan fingerprint density at radius 3 is 2.91 bits per heavy atom. The molecular weight excluding hydrogens is 602 g/mol. The van der Waals surface area contributed by atoms with Gasteiger partial charge in [0.25, 0.3) is 0 Å². The van der Waals surface area contributed by atoms with Gasteiger partial charge in [0.2, 0.25) is 0 Å². The first-order valence-corrected chi connectivity index (χ1v) is 17.4. The summed E-state index contributed by atoms with van der Waals surface area (Å²) in [7, 11) is 0. The Kier molecular flexibility index (Phi) is 7.13. The highest BCUT2D eigenvalue weighted by atomic mass is 32.1. The molecule has 4 unspecified atom stereocenters. The van der Waals surface area contributed by atoms with Crippen molar-refractivity contribution in [3.63, 3.8) is 0 Å². The maximum Gasteiger partial charge on any atom is 0.186 e. The molecule has 4 aromatic rings. The number of anilines is 2. The highest BCUT2D eigenvalue weighted by Gasteiger charge is 2.50. The number of nitrogens with zero attached hydrogens (tertiary/aromatic N) is 8. The molecule has 3 N–H and O–H groups in total. The fourth-order valence-corrected chi connectivity index (χ4v) is 9.80. The molecule has 0 amide bonds. The Labute approximate surface area is 272 Å². The Morgan fingerprint density at radius 2 is 2.11 bits per heavy atom. The maximum absolute atomic E-state index is 11.1. The predicted molar refractivity (Wildman–Crippen MR) is 175 cm³/mol. The molecule has 1 aliphatic carbocycles. The van der Waals surface area contributed by atoms with Gasteiger partial charge in [-0.05, 0) is 71.9 Å². The number of aromatic nitrogens is 5. The normalized spacial score (nSPS) is 27.2. The highest BCUT2D eigenvalue weighted by molar-refractivity contribution is 7.16. The third-order valence-electron chi connectivity index (χ3n) is 10.8. The van der Waals surface area contributed by atoms with Crippen LogP contribution in [0.2, 0.25) is 0 Å². The van der Waals surface area contributed by atoms with Gasteiger partial charge in [0.05, 0.1) is 53.0 Å². The van der Waals surface area contributed by atoms with Crippen molar-refractivity contribution in [3.05, 3.63) is 33.5 Å². The van der Waals surface area contributed by atoms with Crippen molar-refractivity contribution >= 4 is 33.2 Å². The van der Waals surface area contributed by atoms with E-state index in [0.29, 0.717) is 47.9 Å². The zero-order valence-corrected chi connectivity index (χ0v) is 27.6. The minimum Gasteiger partial charge on any atom is -0.389 e. The van der Waals surface area contributed by atoms with Gasteiger partial charge in [0.1, 0.15) is 16.9 Å². The van der Waals surface area contributed by atoms with Gasteiger partial charge in [-0.2, -0.15) is 10.4 Å². The van der Waals surface area contributed by atoms with E-state index in [-0.39, 0.29) is 6.04 Å². The number of nitrogen functional groups attached to an aromatic ring is 1. The van der Waals surface area contributed by atoms with E-state index in [0.717, 1.165) is 96.8 Å². The summed E-state index contributed by atoms with van der Waals surface area (Å²) in [6.45, 7) is 10.4. The van der Waals surface area contributed by atoms with E-state index < -0.39 is 11.0 Å². The molecule has 1 spiro atoms. The van der Waals surface area contributed by atoms with Crippen molar-refractivity contribution in [2.75, 3.05) is 43.4 Å². The third-order valence-corrected chi connectivity index (χ3v) is 11.9. The standard InChI is InChI=1S/C33H41N9O3S/c1-4-40-12-6-8-23(40)19(2)42-31-21(15-36-42)30(41-13-7-10-32(3,43)17-41)37-29(38-31)26-22-16-44-18-33(27(22)45-39-26)11-5-9-24-25(33)20(14-34)28(35)46-24/h15,19,23,43H,4-13,16-18,35H2,1-3H3. The Morgan fingerprint density at radius 1 is 1.24 bits per heavy atom. The van der Waals surface area contributed by atoms with Crippen molar-refractivity contribution in [1.29, 1.82) is 5.26 Å². The number of thiophene rings is 1. The van der Waals surface area contributed by atoms with Crippen LogP contribution in [0.15, 0.2) is 10.7 Å². The van der Waals surface area contributed by atoms with Crippen molar-refractivity contribution in [2.24, 2.45) is 0 Å². The van der Waals surface area contributed by atoms with Gasteiger partial charge in [0.15, 0.2) is 22.9 Å². The number of ether oxygens (including phenoxy) is 1. The molecule has 0 aromatic carbocycles. The van der Waals surface area contributed by atoms with Crippen LogP contribution in [-0.4, -0.2) is 79.3 Å². The molecule has 13 heteroatoms. The van der Waals surface area contributed by atoms with Gasteiger partial charge < -0.3 is 25.0 Å². The molecule has 2 fully saturated rings. The van der Waals surface area contributed by atoms with Gasteiger partial charge in [-0.15, -0.1) is 11.3 Å². The van der Waals surface area contributed by atoms with E-state index in [1.165, 1.54) is 17.8 Å². The van der Waals surface area contributed by atoms with Crippen molar-refractivity contribution in [1.82, 2.24) is 29.8 Å². The molecule has 0 bridgehead atoms. The number of rotatable bonds is 5. The zero-order chi connectivity index (χ0) is 31.8. The average molecular weight is 644 g/mol. The molecule has 3 aliphatic heterocycles. The average Bonchev–Trinajstić information content (AvgIpc) is 3.84. The lowest BCUT2D eigenvalue weighted by atomic mass is 9.68. The van der Waals surface area contributed by atoms with Crippen molar-refractivity contribution in [3.8, 4) is 17.6 Å². The minimum atomic E-state index is -0.822. The minimum absolute atomic E-state index is 0.104. The fraction of sp³-hybridized carbons (Fsp3) is 0.606. The molecule has 0 saturated carbocycles. The number of likely N-dealkylation sites (N-methyl/N-ethyl adjacent to an activating group) is 1. The van der Waals surface area contributed by atoms with Crippen LogP contribution in [0.3, 0.4) is 0 Å². The Hall–Kier alpha value is -3.57. The number of hydrogen-bond donors (Lipinski definition) is 2. The Bertz CT molecular complexity index is 1850. The summed E-state index contributed by atoms with van der Waals surface area (Å²) in [6.07, 6.45) is 8.36. The molecule has 46 heavy (non-hydrogen) atoms. The number of fused-ring (bicyclic) bond motifs is 5. The summed E-state index contributed by atoms with van der Waals surface area (Å²) in [5.74, 6) is 1.92. The van der Waals surface area contributed by atoms with Gasteiger partial charge in [-0.3, -0.25) is 4.90 Å². The van der Waals surface area contributed by atoms with Gasteiger partial charge in [-0.25, -0.2) is 14.6 Å². The second kappa shape index (κ2) is 11.0. The molecule has 242 valence electrons. The zero-order valence-electron chi connectivity index (χ0n) is 26.8. The molecule has 0 radical (unpaired) electrons. The monoisotopic (exact) mass is 643 g/mol. The number of β-amino-alcohol motifs (C(OH)–C–C–N with tert-alkyl or cyclic N) is 1. The summed E-state index contributed by atoms with van der Waals surface area (Å²) in [4.78, 5) is 16.1. The molecular formula is C33H41N9O3S. The fourth-order valence-electron chi connectivity index (χ4n) is 8.64. The molecule has 2 saturated heterocycles. The second-order valence-corrected chi connectivity index (χ2v) is 15.0. The van der Waals surface area contributed by atoms with Crippen LogP contribution in [0.25, 0.3) is 22.6 Å². The van der Waals surface area contributed by atoms with Gasteiger partial charge >= 0.3 is 0 Å². The largest absolute Gasteiger partial charge is 0.389 e. The van der Waals surface area contributed by atoms with E-state index in [1.54, 1.807) is 0 Å². The predicted octanol–water partition coefficient (Wildman–Crippen LogP) is 4.55. The number of nitriles is 1. The smallest absolute Gasteiger partial charge is 0.186 e. The molecule has 8 rings (SSSR count). The quantitative estimate of drug-likeness (QED) is 0.315. The molecule has 12 nitrogen and oxygen atoms in total. The van der Waals surface area contributed by atoms with E-state index in [9.17, 15) is 10.4 Å². The summed E-state index contributed by atoms with van der Waals surface area (Å²) >= 11 is 1.50. The molecule has 4 aromatic heterocycles. The van der Waals surface area contributed by atoms with Crippen LogP contribution in [0.1, 0.15) is 92.7 Å². The summed E-state index contributed by atoms with van der Waals surface area (Å²) < 4.78 is 14.6. The van der Waals surface area contributed by atoms with Crippen molar-refractivity contribution < 1.29 is 14.4 Å². The SMILES string of the molecule is CCN1CCCC1C(C)n1ncc2c(N3CCCC(C)(O)C3)nc(-c3noc4c3COCC43CCCc4sc(N)c(C#N)c43)nc21. The van der Waals surface area contributed by atoms with Gasteiger partial charge in [0, 0.05) is 29.6 Å². The van der Waals surface area contributed by atoms with Crippen LogP contribution in [0.4, 0.5) is 10.8 Å². The topological polar surface area (TPSA) is 155 Å². The maximum atomic E-state index is 11.1. The summed E-state index contributed by atoms with van der Waals surface area (Å²) in [5, 5.41) is 32.1. The molecule has 4 atom stereocenters. The van der Waals surface area contributed by atoms with Crippen LogP contribution >= 0.6 is 11.3 Å². The number of hydrogen-bond acceptors (Lipinski definition) is 12. The first kappa shape index (κ1) is 29.8. The third kappa shape index (κ3) is 4.48. The lowest BCUT2D eigenvalue weighted by Gasteiger charge is -2.38. The van der Waals surface area contributed by atoms with E-state index in [4.69, 9.17) is 30.1 Å². The number of piperidine rings is 1. The van der Waals surface area contributed by atoms with E-state index >= 15 is 0 Å². The first-order chi connectivity index (χ1) is 22.2. The second-order valence-electron chi connectivity index (χ2n) is 13.8. The van der Waals surface area contributed by atoms with Gasteiger partial charge in [-0.1, -0.05) is 12.1 Å². The van der Waals surface area contributed by atoms with E-state index in [1.807, 2.05) is 13.1 Å². The number of likely N-dealkylation sites (tertiary alicyclic amines) is 1. The lowest BCUT2D eigenvalue weighted by molar-refractivity contribution is 0.0448. The Balaban J connectivity index is 1.29. The number of aryl methyl sites for hydroxylation is 1. The van der Waals surface area contributed by atoms with Crippen LogP contribution in [-0.2, 0) is 23.2 Å². The van der Waals surface area contributed by atoms with Crippen LogP contribution < -0.4 is 10.6 Å². The number of nitrogens with two attached hydrogens (primary N) is 1. The lowest BCUT2D eigenvalue weighted by Crippen LogP contribution is -2.46. The van der Waals surface area contributed by atoms with Crippen LogP contribution in [0, 0.1) is 11.3 Å². The summed E-state index contributed by atoms with van der Waals surface area (Å²) in [5.41, 5.74) is 8.46. The van der Waals surface area contributed by atoms with Crippen molar-refractivity contribution in [2.45, 2.75) is 95.4 Å². The van der Waals surface area contributed by atoms with Crippen LogP contribution in [0.5, 0.6) is 0 Å². The molecule has 4 aliphatic rings.